The first-order chi connectivity index (χ1) is 6.69. The number of halogens is 2. The number of benzene rings is 1. The molecule has 0 saturated heterocycles. The average molecular weight is 248 g/mol. The third-order valence-electron chi connectivity index (χ3n) is 3.84. The maximum absolute atomic E-state index is 13.6. The summed E-state index contributed by atoms with van der Waals surface area (Å²) in [4.78, 5) is 0. The van der Waals surface area contributed by atoms with Crippen molar-refractivity contribution in [3.05, 3.63) is 35.9 Å². The molecule has 3 heteroatoms. The van der Waals surface area contributed by atoms with Gasteiger partial charge in [0.1, 0.15) is 0 Å². The number of hydrogen-bond acceptors (Lipinski definition) is 0. The van der Waals surface area contributed by atoms with Crippen molar-refractivity contribution in [2.24, 2.45) is 5.92 Å². The van der Waals surface area contributed by atoms with Gasteiger partial charge in [0.05, 0.1) is 0 Å². The Morgan fingerprint density at radius 2 is 1.93 bits per heavy atom. The van der Waals surface area contributed by atoms with E-state index in [0.717, 1.165) is 12.0 Å². The fraction of sp³-hybridized carbons (Fsp3) is 0.500. The maximum Gasteiger partial charge on any atom is 0.259 e. The molecule has 2 aliphatic rings. The summed E-state index contributed by atoms with van der Waals surface area (Å²) in [6.07, 6.45) is 2.28. The first-order valence-corrected chi connectivity index (χ1v) is 5.04. The van der Waals surface area contributed by atoms with Gasteiger partial charge >= 0.3 is 0 Å². The Labute approximate surface area is 98.5 Å². The number of rotatable bonds is 1. The van der Waals surface area contributed by atoms with E-state index in [4.69, 9.17) is 0 Å². The fourth-order valence-corrected chi connectivity index (χ4v) is 3.11. The van der Waals surface area contributed by atoms with E-state index in [1.165, 1.54) is 0 Å². The SMILES string of the molecule is FC1(F)C2CCCC21c1cc[c-]cc1.[Mn]. The molecule has 1 aromatic carbocycles. The van der Waals surface area contributed by atoms with Gasteiger partial charge in [-0.3, -0.25) is 0 Å². The van der Waals surface area contributed by atoms with Crippen molar-refractivity contribution in [2.75, 3.05) is 0 Å². The minimum Gasteiger partial charge on any atom is -0.206 e. The van der Waals surface area contributed by atoms with Crippen LogP contribution in [0.15, 0.2) is 24.3 Å². The Bertz CT molecular complexity index is 363. The third-order valence-corrected chi connectivity index (χ3v) is 3.84. The van der Waals surface area contributed by atoms with Gasteiger partial charge in [0.2, 0.25) is 0 Å². The van der Waals surface area contributed by atoms with Gasteiger partial charge in [0.15, 0.2) is 0 Å². The van der Waals surface area contributed by atoms with E-state index in [2.05, 4.69) is 6.07 Å². The van der Waals surface area contributed by atoms with Crippen LogP contribution in [0.2, 0.25) is 0 Å². The molecule has 2 saturated carbocycles. The summed E-state index contributed by atoms with van der Waals surface area (Å²) in [6, 6.07) is 9.92. The summed E-state index contributed by atoms with van der Waals surface area (Å²) >= 11 is 0. The predicted molar refractivity (Wildman–Crippen MR) is 49.2 cm³/mol. The van der Waals surface area contributed by atoms with Gasteiger partial charge in [0, 0.05) is 28.4 Å². The van der Waals surface area contributed by atoms with Crippen LogP contribution in [0.1, 0.15) is 24.8 Å². The summed E-state index contributed by atoms with van der Waals surface area (Å²) in [5.74, 6) is -2.84. The molecule has 0 heterocycles. The topological polar surface area (TPSA) is 0 Å². The van der Waals surface area contributed by atoms with Gasteiger partial charge in [-0.25, -0.2) is 8.78 Å². The van der Waals surface area contributed by atoms with Gasteiger partial charge < -0.3 is 0 Å². The zero-order valence-corrected chi connectivity index (χ0v) is 9.32. The standard InChI is InChI=1S/C12H11F2.Mn/c13-12(14)10-7-4-8-11(10,12)9-5-2-1-3-6-9;/h2-3,5-6,10H,4,7-8H2;/q-1;. The smallest absolute Gasteiger partial charge is 0.206 e. The zero-order valence-electron chi connectivity index (χ0n) is 8.14. The second-order valence-electron chi connectivity index (χ2n) is 4.33. The van der Waals surface area contributed by atoms with Crippen LogP contribution in [0, 0.1) is 12.0 Å². The van der Waals surface area contributed by atoms with E-state index in [-0.39, 0.29) is 17.1 Å². The molecule has 0 spiro atoms. The van der Waals surface area contributed by atoms with E-state index in [1.54, 1.807) is 24.3 Å². The van der Waals surface area contributed by atoms with Crippen molar-refractivity contribution in [1.82, 2.24) is 0 Å². The molecule has 0 amide bonds. The molecule has 2 unspecified atom stereocenters. The van der Waals surface area contributed by atoms with E-state index in [1.807, 2.05) is 0 Å². The molecule has 1 aromatic rings. The molecule has 1 radical (unpaired) electrons. The quantitative estimate of drug-likeness (QED) is 0.529. The third kappa shape index (κ3) is 1.17. The van der Waals surface area contributed by atoms with Gasteiger partial charge in [-0.15, -0.1) is 5.56 Å². The molecule has 2 atom stereocenters. The Morgan fingerprint density at radius 1 is 1.27 bits per heavy atom. The van der Waals surface area contributed by atoms with E-state index in [9.17, 15) is 8.78 Å². The summed E-state index contributed by atoms with van der Waals surface area (Å²) < 4.78 is 27.1. The van der Waals surface area contributed by atoms with Gasteiger partial charge in [-0.2, -0.15) is 30.3 Å². The van der Waals surface area contributed by atoms with Crippen molar-refractivity contribution in [1.29, 1.82) is 0 Å². The van der Waals surface area contributed by atoms with Crippen molar-refractivity contribution >= 4 is 0 Å². The number of alkyl halides is 2. The van der Waals surface area contributed by atoms with E-state index < -0.39 is 17.3 Å². The summed E-state index contributed by atoms with van der Waals surface area (Å²) in [6.45, 7) is 0. The Balaban J connectivity index is 0.000000853. The minimum absolute atomic E-state index is 0. The largest absolute Gasteiger partial charge is 0.259 e. The second kappa shape index (κ2) is 3.29. The summed E-state index contributed by atoms with van der Waals surface area (Å²) in [7, 11) is 0. The van der Waals surface area contributed by atoms with Crippen LogP contribution in [0.3, 0.4) is 0 Å². The molecule has 2 fully saturated rings. The predicted octanol–water partition coefficient (Wildman–Crippen LogP) is 3.17. The molecule has 81 valence electrons. The maximum atomic E-state index is 13.6. The summed E-state index contributed by atoms with van der Waals surface area (Å²) in [5, 5.41) is 0. The molecule has 0 aromatic heterocycles. The molecule has 0 nitrogen and oxygen atoms in total. The molecule has 0 N–H and O–H groups in total. The number of fused-ring (bicyclic) bond motifs is 1. The molecule has 3 rings (SSSR count). The Hall–Kier alpha value is -0.401. The van der Waals surface area contributed by atoms with E-state index in [0.29, 0.717) is 12.8 Å². The van der Waals surface area contributed by atoms with Gasteiger partial charge in [-0.1, -0.05) is 6.42 Å². The molecule has 2 aliphatic carbocycles. The van der Waals surface area contributed by atoms with Crippen LogP contribution >= 0.6 is 0 Å². The normalized spacial score (nSPS) is 35.5. The van der Waals surface area contributed by atoms with Crippen LogP contribution in [-0.4, -0.2) is 5.92 Å². The van der Waals surface area contributed by atoms with Crippen LogP contribution < -0.4 is 0 Å². The second-order valence-corrected chi connectivity index (χ2v) is 4.33. The van der Waals surface area contributed by atoms with E-state index >= 15 is 0 Å². The molecular formula is C12H11F2Mn-. The summed E-state index contributed by atoms with van der Waals surface area (Å²) in [5.41, 5.74) is 0.00556. The Morgan fingerprint density at radius 3 is 2.47 bits per heavy atom. The first kappa shape index (κ1) is 11.1. The van der Waals surface area contributed by atoms with Crippen molar-refractivity contribution in [2.45, 2.75) is 30.6 Å². The molecule has 15 heavy (non-hydrogen) atoms. The van der Waals surface area contributed by atoms with Crippen LogP contribution in [0.4, 0.5) is 8.78 Å². The van der Waals surface area contributed by atoms with Crippen molar-refractivity contribution in [3.63, 3.8) is 0 Å². The van der Waals surface area contributed by atoms with Gasteiger partial charge in [0.25, 0.3) is 5.92 Å². The molecule has 0 aliphatic heterocycles. The average Bonchev–Trinajstić information content (AvgIpc) is 2.57. The Kier molecular flexibility index (Phi) is 2.44. The van der Waals surface area contributed by atoms with Crippen LogP contribution in [0.5, 0.6) is 0 Å². The fourth-order valence-electron chi connectivity index (χ4n) is 3.11. The zero-order chi connectivity index (χ0) is 9.81. The van der Waals surface area contributed by atoms with Gasteiger partial charge in [-0.05, 0) is 12.8 Å². The molecular weight excluding hydrogens is 237 g/mol. The monoisotopic (exact) mass is 248 g/mol. The van der Waals surface area contributed by atoms with Crippen LogP contribution in [0.25, 0.3) is 0 Å². The van der Waals surface area contributed by atoms with Crippen LogP contribution in [-0.2, 0) is 22.5 Å². The minimum atomic E-state index is -2.45. The first-order valence-electron chi connectivity index (χ1n) is 5.04. The van der Waals surface area contributed by atoms with Crippen molar-refractivity contribution in [3.8, 4) is 0 Å². The number of hydrogen-bond donors (Lipinski definition) is 0. The molecule has 0 bridgehead atoms. The van der Waals surface area contributed by atoms with Crippen molar-refractivity contribution < 1.29 is 25.8 Å².